The van der Waals surface area contributed by atoms with Crippen molar-refractivity contribution < 1.29 is 0 Å². The highest BCUT2D eigenvalue weighted by Crippen LogP contribution is 2.42. The van der Waals surface area contributed by atoms with Gasteiger partial charge in [-0.2, -0.15) is 12.6 Å². The molecule has 4 heteroatoms. The lowest BCUT2D eigenvalue weighted by Gasteiger charge is -1.81. The smallest absolute Gasteiger partial charge is 0.0632 e. The van der Waals surface area contributed by atoms with Gasteiger partial charge in [0, 0.05) is 20.0 Å². The fourth-order valence-corrected chi connectivity index (χ4v) is 5.33. The van der Waals surface area contributed by atoms with E-state index in [1.165, 1.54) is 23.7 Å². The Labute approximate surface area is 93.2 Å². The number of rotatable bonds is 1. The van der Waals surface area contributed by atoms with E-state index >= 15 is 0 Å². The van der Waals surface area contributed by atoms with Crippen LogP contribution in [0.4, 0.5) is 0 Å². The summed E-state index contributed by atoms with van der Waals surface area (Å²) in [6.45, 7) is 0. The van der Waals surface area contributed by atoms with Crippen molar-refractivity contribution >= 4 is 65.4 Å². The molecule has 0 radical (unpaired) electrons. The Morgan fingerprint density at radius 3 is 2.92 bits per heavy atom. The minimum absolute atomic E-state index is 0.860. The number of hydrogen-bond donors (Lipinski definition) is 1. The van der Waals surface area contributed by atoms with Crippen LogP contribution in [0.1, 0.15) is 4.88 Å². The fraction of sp³-hybridized carbons (Fsp3) is 0.111. The van der Waals surface area contributed by atoms with Crippen molar-refractivity contribution in [1.29, 1.82) is 0 Å². The first-order valence-electron chi connectivity index (χ1n) is 3.88. The molecule has 3 heterocycles. The first kappa shape index (κ1) is 8.29. The van der Waals surface area contributed by atoms with Crippen molar-refractivity contribution in [3.63, 3.8) is 0 Å². The molecular weight excluding hydrogens is 236 g/mol. The third kappa shape index (κ3) is 1.16. The van der Waals surface area contributed by atoms with Gasteiger partial charge in [-0.3, -0.25) is 0 Å². The summed E-state index contributed by atoms with van der Waals surface area (Å²) in [5, 5.41) is 2.17. The summed E-state index contributed by atoms with van der Waals surface area (Å²) in [4.78, 5) is 1.37. The molecule has 3 rings (SSSR count). The highest BCUT2D eigenvalue weighted by molar-refractivity contribution is 7.79. The lowest BCUT2D eigenvalue weighted by Crippen LogP contribution is -1.60. The van der Waals surface area contributed by atoms with Gasteiger partial charge in [-0.25, -0.2) is 0 Å². The summed E-state index contributed by atoms with van der Waals surface area (Å²) in [6, 6.07) is 4.47. The lowest BCUT2D eigenvalue weighted by molar-refractivity contribution is 1.58. The zero-order chi connectivity index (χ0) is 8.84. The van der Waals surface area contributed by atoms with Crippen LogP contribution in [0.25, 0.3) is 18.8 Å². The van der Waals surface area contributed by atoms with Gasteiger partial charge in [-0.05, 0) is 17.5 Å². The van der Waals surface area contributed by atoms with Crippen LogP contribution in [-0.2, 0) is 5.75 Å². The largest absolute Gasteiger partial charge is 0.174 e. The van der Waals surface area contributed by atoms with Gasteiger partial charge in [0.05, 0.1) is 9.40 Å². The number of hydrogen-bond acceptors (Lipinski definition) is 4. The molecule has 0 nitrogen and oxygen atoms in total. The minimum atomic E-state index is 0.860. The summed E-state index contributed by atoms with van der Waals surface area (Å²) in [6.07, 6.45) is 0. The fourth-order valence-electron chi connectivity index (χ4n) is 1.40. The zero-order valence-electron chi connectivity index (χ0n) is 6.61. The molecule has 0 amide bonds. The van der Waals surface area contributed by atoms with E-state index in [-0.39, 0.29) is 0 Å². The molecular formula is C9H6S4. The van der Waals surface area contributed by atoms with E-state index in [1.54, 1.807) is 0 Å². The van der Waals surface area contributed by atoms with E-state index in [9.17, 15) is 0 Å². The van der Waals surface area contributed by atoms with E-state index in [0.717, 1.165) is 5.75 Å². The molecule has 0 aliphatic rings. The second-order valence-corrected chi connectivity index (χ2v) is 6.23. The van der Waals surface area contributed by atoms with Crippen molar-refractivity contribution in [1.82, 2.24) is 0 Å². The van der Waals surface area contributed by atoms with Gasteiger partial charge in [-0.1, -0.05) is 0 Å². The van der Waals surface area contributed by atoms with E-state index < -0.39 is 0 Å². The van der Waals surface area contributed by atoms with E-state index in [0.29, 0.717) is 0 Å². The third-order valence-electron chi connectivity index (χ3n) is 1.96. The van der Waals surface area contributed by atoms with Crippen LogP contribution in [0.5, 0.6) is 0 Å². The Kier molecular flexibility index (Phi) is 1.90. The number of thiophene rings is 3. The van der Waals surface area contributed by atoms with Crippen LogP contribution < -0.4 is 0 Å². The van der Waals surface area contributed by atoms with Crippen LogP contribution in [0.2, 0.25) is 0 Å². The third-order valence-corrected chi connectivity index (χ3v) is 6.09. The topological polar surface area (TPSA) is 0 Å². The lowest BCUT2D eigenvalue weighted by atomic mass is 10.4. The summed E-state index contributed by atoms with van der Waals surface area (Å²) in [5.74, 6) is 0.860. The second-order valence-electron chi connectivity index (χ2n) is 2.78. The zero-order valence-corrected chi connectivity index (χ0v) is 9.96. The summed E-state index contributed by atoms with van der Waals surface area (Å²) in [5.41, 5.74) is 0. The molecule has 3 aromatic rings. The Hall–Kier alpha value is -0.0300. The van der Waals surface area contributed by atoms with Gasteiger partial charge in [-0.15, -0.1) is 34.0 Å². The van der Waals surface area contributed by atoms with Gasteiger partial charge in [0.15, 0.2) is 0 Å². The summed E-state index contributed by atoms with van der Waals surface area (Å²) < 4.78 is 5.77. The maximum atomic E-state index is 4.29. The Balaban J connectivity index is 2.46. The molecule has 0 saturated carbocycles. The van der Waals surface area contributed by atoms with Gasteiger partial charge in [0.2, 0.25) is 0 Å². The average Bonchev–Trinajstić information content (AvgIpc) is 2.72. The monoisotopic (exact) mass is 242 g/mol. The highest BCUT2D eigenvalue weighted by atomic mass is 32.1. The second kappa shape index (κ2) is 2.98. The van der Waals surface area contributed by atoms with E-state index in [4.69, 9.17) is 0 Å². The summed E-state index contributed by atoms with van der Waals surface area (Å²) in [7, 11) is 0. The number of fused-ring (bicyclic) bond motifs is 3. The molecule has 0 aliphatic heterocycles. The van der Waals surface area contributed by atoms with E-state index in [1.807, 2.05) is 34.0 Å². The van der Waals surface area contributed by atoms with Crippen LogP contribution in [-0.4, -0.2) is 0 Å². The number of thiol groups is 1. The molecule has 0 N–H and O–H groups in total. The van der Waals surface area contributed by atoms with Crippen LogP contribution in [0.3, 0.4) is 0 Å². The Bertz CT molecular complexity index is 554. The molecule has 0 saturated heterocycles. The maximum Gasteiger partial charge on any atom is 0.0632 e. The Morgan fingerprint density at radius 1 is 1.15 bits per heavy atom. The first-order chi connectivity index (χ1) is 6.38. The SMILES string of the molecule is SCc1cc2sc3ccsc3c2s1. The quantitative estimate of drug-likeness (QED) is 0.592. The standard InChI is InChI=1S/C9H6S4/c10-4-5-3-7-9(12-5)8-6(13-7)1-2-11-8/h1-3,10H,4H2. The predicted molar refractivity (Wildman–Crippen MR) is 67.8 cm³/mol. The van der Waals surface area contributed by atoms with Gasteiger partial charge < -0.3 is 0 Å². The molecule has 0 bridgehead atoms. The van der Waals surface area contributed by atoms with Crippen molar-refractivity contribution in [3.8, 4) is 0 Å². The molecule has 13 heavy (non-hydrogen) atoms. The first-order valence-corrected chi connectivity index (χ1v) is 7.02. The average molecular weight is 242 g/mol. The van der Waals surface area contributed by atoms with Crippen LogP contribution >= 0.6 is 46.6 Å². The van der Waals surface area contributed by atoms with Crippen molar-refractivity contribution in [2.45, 2.75) is 5.75 Å². The highest BCUT2D eigenvalue weighted by Gasteiger charge is 2.09. The molecule has 0 atom stereocenters. The normalized spacial score (nSPS) is 11.8. The van der Waals surface area contributed by atoms with Crippen molar-refractivity contribution in [2.75, 3.05) is 0 Å². The molecule has 3 aromatic heterocycles. The van der Waals surface area contributed by atoms with Gasteiger partial charge >= 0.3 is 0 Å². The molecule has 0 unspecified atom stereocenters. The molecule has 0 fully saturated rings. The molecule has 0 aromatic carbocycles. The van der Waals surface area contributed by atoms with E-state index in [2.05, 4.69) is 30.1 Å². The van der Waals surface area contributed by atoms with Crippen molar-refractivity contribution in [3.05, 3.63) is 22.4 Å². The van der Waals surface area contributed by atoms with Gasteiger partial charge in [0.25, 0.3) is 0 Å². The summed E-state index contributed by atoms with van der Waals surface area (Å²) >= 11 is 9.91. The molecule has 66 valence electrons. The van der Waals surface area contributed by atoms with Gasteiger partial charge in [0.1, 0.15) is 0 Å². The van der Waals surface area contributed by atoms with Crippen LogP contribution in [0.15, 0.2) is 17.5 Å². The maximum absolute atomic E-state index is 4.29. The van der Waals surface area contributed by atoms with Crippen LogP contribution in [0, 0.1) is 0 Å². The molecule has 0 aliphatic carbocycles. The van der Waals surface area contributed by atoms with Crippen molar-refractivity contribution in [2.24, 2.45) is 0 Å². The Morgan fingerprint density at radius 2 is 2.08 bits per heavy atom. The minimum Gasteiger partial charge on any atom is -0.174 e. The predicted octanol–water partition coefficient (Wildman–Crippen LogP) is 4.61. The molecule has 0 spiro atoms.